The van der Waals surface area contributed by atoms with Crippen molar-refractivity contribution in [1.82, 2.24) is 19.8 Å². The third-order valence-corrected chi connectivity index (χ3v) is 5.77. The van der Waals surface area contributed by atoms with Gasteiger partial charge in [-0.3, -0.25) is 9.59 Å². The highest BCUT2D eigenvalue weighted by Gasteiger charge is 2.32. The van der Waals surface area contributed by atoms with Gasteiger partial charge in [0.05, 0.1) is 5.92 Å². The van der Waals surface area contributed by atoms with Gasteiger partial charge in [-0.2, -0.15) is 0 Å². The van der Waals surface area contributed by atoms with E-state index in [0.29, 0.717) is 38.4 Å². The number of aromatic nitrogens is 2. The number of nitrogens with zero attached hydrogens (tertiary/aromatic N) is 3. The zero-order valence-electron chi connectivity index (χ0n) is 17.8. The van der Waals surface area contributed by atoms with Crippen LogP contribution in [0.4, 0.5) is 0 Å². The molecule has 1 saturated heterocycles. The molecule has 1 atom stereocenters. The molecule has 1 aromatic heterocycles. The molecule has 1 aliphatic rings. The quantitative estimate of drug-likeness (QED) is 0.667. The Morgan fingerprint density at radius 2 is 1.81 bits per heavy atom. The summed E-state index contributed by atoms with van der Waals surface area (Å²) < 4.78 is 0. The molecular formula is C25H28N4O2. The van der Waals surface area contributed by atoms with Crippen LogP contribution in [0.3, 0.4) is 0 Å². The summed E-state index contributed by atoms with van der Waals surface area (Å²) in [5.74, 6) is 0.0298. The molecule has 0 bridgehead atoms. The SMILES string of the molecule is CCCN1CCN(C(=O)c2ncc[nH]2)CC(Cc2ccc(-c3ccccc3)cc2)C1=O. The first-order chi connectivity index (χ1) is 15.2. The molecule has 3 aromatic rings. The van der Waals surface area contributed by atoms with Gasteiger partial charge in [-0.25, -0.2) is 4.98 Å². The number of carbonyl (C=O) groups is 2. The summed E-state index contributed by atoms with van der Waals surface area (Å²) in [6.07, 6.45) is 4.73. The summed E-state index contributed by atoms with van der Waals surface area (Å²) in [5.41, 5.74) is 3.42. The number of benzene rings is 2. The molecule has 1 N–H and O–H groups in total. The van der Waals surface area contributed by atoms with Crippen molar-refractivity contribution in [3.63, 3.8) is 0 Å². The minimum Gasteiger partial charge on any atom is -0.341 e. The van der Waals surface area contributed by atoms with E-state index in [1.807, 2.05) is 23.1 Å². The first-order valence-corrected chi connectivity index (χ1v) is 10.9. The molecule has 2 aromatic carbocycles. The standard InChI is InChI=1S/C25H28N4O2/c1-2-14-28-15-16-29(25(31)23-26-12-13-27-23)18-22(24(28)30)17-19-8-10-21(11-9-19)20-6-4-3-5-7-20/h3-13,22H,2,14-18H2,1H3,(H,26,27). The lowest BCUT2D eigenvalue weighted by molar-refractivity contribution is -0.134. The Hall–Kier alpha value is -3.41. The zero-order valence-corrected chi connectivity index (χ0v) is 17.8. The smallest absolute Gasteiger partial charge is 0.289 e. The monoisotopic (exact) mass is 416 g/mol. The number of amides is 2. The van der Waals surface area contributed by atoms with Gasteiger partial charge in [-0.15, -0.1) is 0 Å². The summed E-state index contributed by atoms with van der Waals surface area (Å²) in [6, 6.07) is 18.6. The van der Waals surface area contributed by atoms with Gasteiger partial charge < -0.3 is 14.8 Å². The van der Waals surface area contributed by atoms with Crippen molar-refractivity contribution in [2.45, 2.75) is 19.8 Å². The van der Waals surface area contributed by atoms with E-state index in [0.717, 1.165) is 17.5 Å². The first-order valence-electron chi connectivity index (χ1n) is 10.9. The Labute approximate surface area is 182 Å². The summed E-state index contributed by atoms with van der Waals surface area (Å²) in [7, 11) is 0. The van der Waals surface area contributed by atoms with Crippen molar-refractivity contribution in [3.8, 4) is 11.1 Å². The molecular weight excluding hydrogens is 388 g/mol. The van der Waals surface area contributed by atoms with Crippen LogP contribution in [0.25, 0.3) is 11.1 Å². The average molecular weight is 417 g/mol. The highest BCUT2D eigenvalue weighted by atomic mass is 16.2. The lowest BCUT2D eigenvalue weighted by Crippen LogP contribution is -2.38. The molecule has 6 nitrogen and oxygen atoms in total. The number of nitrogens with one attached hydrogen (secondary N) is 1. The Morgan fingerprint density at radius 1 is 1.06 bits per heavy atom. The maximum Gasteiger partial charge on any atom is 0.289 e. The minimum atomic E-state index is -0.268. The molecule has 0 aliphatic carbocycles. The second kappa shape index (κ2) is 9.60. The van der Waals surface area contributed by atoms with Crippen LogP contribution in [-0.4, -0.2) is 57.8 Å². The second-order valence-electron chi connectivity index (χ2n) is 7.98. The number of hydrogen-bond acceptors (Lipinski definition) is 3. The molecule has 0 radical (unpaired) electrons. The van der Waals surface area contributed by atoms with Crippen LogP contribution in [-0.2, 0) is 11.2 Å². The number of imidazole rings is 1. The molecule has 1 fully saturated rings. The van der Waals surface area contributed by atoms with Gasteiger partial charge >= 0.3 is 0 Å². The van der Waals surface area contributed by atoms with Crippen LogP contribution in [0.5, 0.6) is 0 Å². The molecule has 0 saturated carbocycles. The molecule has 1 aliphatic heterocycles. The van der Waals surface area contributed by atoms with E-state index in [4.69, 9.17) is 0 Å². The van der Waals surface area contributed by atoms with Crippen LogP contribution in [0.1, 0.15) is 29.5 Å². The fourth-order valence-electron chi connectivity index (χ4n) is 4.15. The van der Waals surface area contributed by atoms with Crippen LogP contribution in [0, 0.1) is 5.92 Å². The number of carbonyl (C=O) groups excluding carboxylic acids is 2. The molecule has 2 amide bonds. The summed E-state index contributed by atoms with van der Waals surface area (Å²) in [5, 5.41) is 0. The number of hydrogen-bond donors (Lipinski definition) is 1. The predicted molar refractivity (Wildman–Crippen MR) is 120 cm³/mol. The summed E-state index contributed by atoms with van der Waals surface area (Å²) >= 11 is 0. The van der Waals surface area contributed by atoms with Crippen LogP contribution in [0.2, 0.25) is 0 Å². The highest BCUT2D eigenvalue weighted by molar-refractivity contribution is 5.91. The van der Waals surface area contributed by atoms with Crippen molar-refractivity contribution in [3.05, 3.63) is 78.4 Å². The van der Waals surface area contributed by atoms with E-state index in [9.17, 15) is 9.59 Å². The van der Waals surface area contributed by atoms with Gasteiger partial charge in [0.15, 0.2) is 5.82 Å². The van der Waals surface area contributed by atoms with Crippen molar-refractivity contribution in [2.75, 3.05) is 26.2 Å². The average Bonchev–Trinajstić information content (AvgIpc) is 3.30. The largest absolute Gasteiger partial charge is 0.341 e. The molecule has 31 heavy (non-hydrogen) atoms. The summed E-state index contributed by atoms with van der Waals surface area (Å²) in [6.45, 7) is 4.27. The lowest BCUT2D eigenvalue weighted by atomic mass is 9.95. The molecule has 2 heterocycles. The normalized spacial score (nSPS) is 16.9. The third-order valence-electron chi connectivity index (χ3n) is 5.77. The van der Waals surface area contributed by atoms with Gasteiger partial charge in [-0.05, 0) is 29.5 Å². The van der Waals surface area contributed by atoms with E-state index in [1.165, 1.54) is 5.56 Å². The number of H-pyrrole nitrogens is 1. The van der Waals surface area contributed by atoms with E-state index in [-0.39, 0.29) is 17.7 Å². The molecule has 4 rings (SSSR count). The molecule has 160 valence electrons. The Bertz CT molecular complexity index is 1000. The van der Waals surface area contributed by atoms with Crippen molar-refractivity contribution >= 4 is 11.8 Å². The van der Waals surface area contributed by atoms with E-state index < -0.39 is 0 Å². The van der Waals surface area contributed by atoms with Crippen molar-refractivity contribution < 1.29 is 9.59 Å². The maximum atomic E-state index is 13.2. The highest BCUT2D eigenvalue weighted by Crippen LogP contribution is 2.22. The lowest BCUT2D eigenvalue weighted by Gasteiger charge is -2.23. The Kier molecular flexibility index (Phi) is 6.46. The van der Waals surface area contributed by atoms with Crippen LogP contribution < -0.4 is 0 Å². The maximum absolute atomic E-state index is 13.2. The zero-order chi connectivity index (χ0) is 21.6. The Balaban J connectivity index is 1.53. The van der Waals surface area contributed by atoms with Gasteiger partial charge in [0, 0.05) is 38.6 Å². The van der Waals surface area contributed by atoms with Gasteiger partial charge in [0.2, 0.25) is 5.91 Å². The van der Waals surface area contributed by atoms with Crippen molar-refractivity contribution in [2.24, 2.45) is 5.92 Å². The van der Waals surface area contributed by atoms with Crippen LogP contribution in [0.15, 0.2) is 67.0 Å². The number of aromatic amines is 1. The second-order valence-corrected chi connectivity index (χ2v) is 7.98. The van der Waals surface area contributed by atoms with Crippen molar-refractivity contribution in [1.29, 1.82) is 0 Å². The van der Waals surface area contributed by atoms with Gasteiger partial charge in [0.25, 0.3) is 5.91 Å². The summed E-state index contributed by atoms with van der Waals surface area (Å²) in [4.78, 5) is 36.8. The Morgan fingerprint density at radius 3 is 2.48 bits per heavy atom. The predicted octanol–water partition coefficient (Wildman–Crippen LogP) is 3.63. The van der Waals surface area contributed by atoms with E-state index in [1.54, 1.807) is 17.3 Å². The topological polar surface area (TPSA) is 69.3 Å². The fourth-order valence-corrected chi connectivity index (χ4v) is 4.15. The van der Waals surface area contributed by atoms with Gasteiger partial charge in [0.1, 0.15) is 0 Å². The minimum absolute atomic E-state index is 0.128. The van der Waals surface area contributed by atoms with Gasteiger partial charge in [-0.1, -0.05) is 61.5 Å². The first kappa shape index (κ1) is 20.8. The molecule has 6 heteroatoms. The fraction of sp³-hybridized carbons (Fsp3) is 0.320. The van der Waals surface area contributed by atoms with E-state index in [2.05, 4.69) is 53.3 Å². The molecule has 1 unspecified atom stereocenters. The molecule has 0 spiro atoms. The van der Waals surface area contributed by atoms with Crippen LogP contribution >= 0.6 is 0 Å². The number of rotatable bonds is 6. The third kappa shape index (κ3) is 4.85. The van der Waals surface area contributed by atoms with E-state index >= 15 is 0 Å².